The van der Waals surface area contributed by atoms with Crippen LogP contribution in [0.15, 0.2) is 36.4 Å². The Morgan fingerprint density at radius 3 is 2.60 bits per heavy atom. The third-order valence-electron chi connectivity index (χ3n) is 3.47. The molecular formula is C16H13BrCl2O. The molecule has 0 radical (unpaired) electrons. The molecule has 0 bridgehead atoms. The fourth-order valence-electron chi connectivity index (χ4n) is 2.52. The predicted octanol–water partition coefficient (Wildman–Crippen LogP) is 5.80. The Kier molecular flexibility index (Phi) is 3.98. The Morgan fingerprint density at radius 2 is 1.90 bits per heavy atom. The normalized spacial score (nSPS) is 18.5. The molecule has 0 N–H and O–H groups in total. The molecule has 0 saturated carbocycles. The van der Waals surface area contributed by atoms with Gasteiger partial charge in [-0.1, -0.05) is 57.3 Å². The van der Waals surface area contributed by atoms with Gasteiger partial charge in [-0.25, -0.2) is 0 Å². The van der Waals surface area contributed by atoms with Crippen molar-refractivity contribution >= 4 is 39.1 Å². The minimum Gasteiger partial charge on any atom is -0.490 e. The third kappa shape index (κ3) is 2.57. The first kappa shape index (κ1) is 14.2. The van der Waals surface area contributed by atoms with Gasteiger partial charge in [-0.3, -0.25) is 0 Å². The topological polar surface area (TPSA) is 9.23 Å². The molecule has 1 nitrogen and oxygen atoms in total. The maximum absolute atomic E-state index is 6.28. The third-order valence-corrected chi connectivity index (χ3v) is 5.11. The van der Waals surface area contributed by atoms with E-state index in [1.165, 1.54) is 5.56 Å². The summed E-state index contributed by atoms with van der Waals surface area (Å²) >= 11 is 16.3. The molecule has 2 unspecified atom stereocenters. The second-order valence-electron chi connectivity index (χ2n) is 5.00. The zero-order valence-electron chi connectivity index (χ0n) is 10.9. The van der Waals surface area contributed by atoms with E-state index in [1.54, 1.807) is 0 Å². The van der Waals surface area contributed by atoms with Gasteiger partial charge in [0, 0.05) is 22.0 Å². The predicted molar refractivity (Wildman–Crippen MR) is 87.5 cm³/mol. The molecule has 1 aliphatic heterocycles. The average Bonchev–Trinajstić information content (AvgIpc) is 2.77. The summed E-state index contributed by atoms with van der Waals surface area (Å²) < 4.78 is 5.73. The molecule has 0 fully saturated rings. The lowest BCUT2D eigenvalue weighted by molar-refractivity contribution is 0.254. The van der Waals surface area contributed by atoms with Crippen molar-refractivity contribution < 1.29 is 4.74 Å². The average molecular weight is 372 g/mol. The Hall–Kier alpha value is -0.700. The minimum absolute atomic E-state index is 0.0232. The number of alkyl halides is 1. The zero-order valence-corrected chi connectivity index (χ0v) is 14.0. The highest BCUT2D eigenvalue weighted by Gasteiger charge is 2.22. The van der Waals surface area contributed by atoms with E-state index in [0.29, 0.717) is 10.0 Å². The van der Waals surface area contributed by atoms with Gasteiger partial charge in [0.1, 0.15) is 11.9 Å². The van der Waals surface area contributed by atoms with Gasteiger partial charge in [-0.2, -0.15) is 0 Å². The molecule has 4 heteroatoms. The molecule has 20 heavy (non-hydrogen) atoms. The Bertz CT molecular complexity index is 637. The quantitative estimate of drug-likeness (QED) is 0.606. The Morgan fingerprint density at radius 1 is 1.20 bits per heavy atom. The van der Waals surface area contributed by atoms with Crippen LogP contribution in [-0.2, 0) is 6.42 Å². The second kappa shape index (κ2) is 5.59. The maximum atomic E-state index is 6.28. The van der Waals surface area contributed by atoms with Gasteiger partial charge in [-0.15, -0.1) is 0 Å². The summed E-state index contributed by atoms with van der Waals surface area (Å²) in [5.74, 6) is 0.978. The van der Waals surface area contributed by atoms with E-state index in [-0.39, 0.29) is 10.9 Å². The molecule has 2 aromatic carbocycles. The molecule has 0 aromatic heterocycles. The monoisotopic (exact) mass is 370 g/mol. The SMILES string of the molecule is CC1Cc2cc(C(Br)c3c(Cl)cccc3Cl)ccc2O1. The highest BCUT2D eigenvalue weighted by atomic mass is 79.9. The van der Waals surface area contributed by atoms with Crippen molar-refractivity contribution in [1.82, 2.24) is 0 Å². The molecule has 2 aromatic rings. The van der Waals surface area contributed by atoms with Crippen molar-refractivity contribution in [3.05, 3.63) is 63.1 Å². The zero-order chi connectivity index (χ0) is 14.3. The van der Waals surface area contributed by atoms with Gasteiger partial charge in [0.25, 0.3) is 0 Å². The van der Waals surface area contributed by atoms with Crippen molar-refractivity contribution in [3.63, 3.8) is 0 Å². The van der Waals surface area contributed by atoms with Crippen LogP contribution < -0.4 is 4.74 Å². The number of rotatable bonds is 2. The van der Waals surface area contributed by atoms with Gasteiger partial charge in [0.2, 0.25) is 0 Å². The summed E-state index contributed by atoms with van der Waals surface area (Å²) in [5.41, 5.74) is 3.28. The highest BCUT2D eigenvalue weighted by Crippen LogP contribution is 2.41. The van der Waals surface area contributed by atoms with Crippen LogP contribution in [0.25, 0.3) is 0 Å². The molecular weight excluding hydrogens is 359 g/mol. The molecule has 3 rings (SSSR count). The highest BCUT2D eigenvalue weighted by molar-refractivity contribution is 9.09. The molecule has 0 amide bonds. The summed E-state index contributed by atoms with van der Waals surface area (Å²) in [6, 6.07) is 11.8. The molecule has 0 aliphatic carbocycles. The van der Waals surface area contributed by atoms with Gasteiger partial charge in [0.05, 0.1) is 4.83 Å². The van der Waals surface area contributed by atoms with Crippen LogP contribution in [0, 0.1) is 0 Å². The first-order valence-electron chi connectivity index (χ1n) is 6.43. The lowest BCUT2D eigenvalue weighted by atomic mass is 10.0. The summed E-state index contributed by atoms with van der Waals surface area (Å²) in [7, 11) is 0. The number of ether oxygens (including phenoxy) is 1. The number of hydrogen-bond donors (Lipinski definition) is 0. The smallest absolute Gasteiger partial charge is 0.123 e. The summed E-state index contributed by atoms with van der Waals surface area (Å²) in [4.78, 5) is -0.0232. The van der Waals surface area contributed by atoms with E-state index in [4.69, 9.17) is 27.9 Å². The Labute approximate surface area is 137 Å². The molecule has 0 saturated heterocycles. The van der Waals surface area contributed by atoms with Crippen molar-refractivity contribution in [2.24, 2.45) is 0 Å². The lowest BCUT2D eigenvalue weighted by Crippen LogP contribution is -2.05. The van der Waals surface area contributed by atoms with E-state index < -0.39 is 0 Å². The number of halogens is 3. The number of fused-ring (bicyclic) bond motifs is 1. The van der Waals surface area contributed by atoms with E-state index in [2.05, 4.69) is 35.0 Å². The van der Waals surface area contributed by atoms with E-state index in [1.807, 2.05) is 24.3 Å². The largest absolute Gasteiger partial charge is 0.490 e. The number of hydrogen-bond acceptors (Lipinski definition) is 1. The molecule has 1 heterocycles. The maximum Gasteiger partial charge on any atom is 0.123 e. The summed E-state index contributed by atoms with van der Waals surface area (Å²) in [6.07, 6.45) is 1.19. The Balaban J connectivity index is 2.00. The van der Waals surface area contributed by atoms with Crippen molar-refractivity contribution in [2.45, 2.75) is 24.3 Å². The minimum atomic E-state index is -0.0232. The van der Waals surface area contributed by atoms with Crippen LogP contribution in [0.3, 0.4) is 0 Å². The van der Waals surface area contributed by atoms with Crippen LogP contribution in [0.5, 0.6) is 5.75 Å². The van der Waals surface area contributed by atoms with Crippen molar-refractivity contribution in [1.29, 1.82) is 0 Å². The van der Waals surface area contributed by atoms with Crippen LogP contribution in [-0.4, -0.2) is 6.10 Å². The first-order chi connectivity index (χ1) is 9.56. The molecule has 0 spiro atoms. The second-order valence-corrected chi connectivity index (χ2v) is 6.73. The molecule has 2 atom stereocenters. The standard InChI is InChI=1S/C16H13BrCl2O/c1-9-7-11-8-10(5-6-14(11)20-9)16(17)15-12(18)3-2-4-13(15)19/h2-6,8-9,16H,7H2,1H3. The van der Waals surface area contributed by atoms with E-state index in [0.717, 1.165) is 23.3 Å². The lowest BCUT2D eigenvalue weighted by Gasteiger charge is -2.15. The van der Waals surface area contributed by atoms with Gasteiger partial charge < -0.3 is 4.74 Å². The van der Waals surface area contributed by atoms with Crippen LogP contribution in [0.4, 0.5) is 0 Å². The van der Waals surface area contributed by atoms with Crippen molar-refractivity contribution in [3.8, 4) is 5.75 Å². The van der Waals surface area contributed by atoms with Crippen LogP contribution in [0.2, 0.25) is 10.0 Å². The van der Waals surface area contributed by atoms with Gasteiger partial charge in [-0.05, 0) is 36.2 Å². The fourth-order valence-corrected chi connectivity index (χ4v) is 4.18. The van der Waals surface area contributed by atoms with Crippen LogP contribution >= 0.6 is 39.1 Å². The number of benzene rings is 2. The van der Waals surface area contributed by atoms with Gasteiger partial charge >= 0.3 is 0 Å². The summed E-state index contributed by atoms with van der Waals surface area (Å²) in [5, 5.41) is 1.34. The van der Waals surface area contributed by atoms with Crippen LogP contribution in [0.1, 0.15) is 28.4 Å². The van der Waals surface area contributed by atoms with E-state index >= 15 is 0 Å². The molecule has 1 aliphatic rings. The van der Waals surface area contributed by atoms with Crippen molar-refractivity contribution in [2.75, 3.05) is 0 Å². The fraction of sp³-hybridized carbons (Fsp3) is 0.250. The summed E-state index contributed by atoms with van der Waals surface area (Å²) in [6.45, 7) is 2.08. The first-order valence-corrected chi connectivity index (χ1v) is 8.11. The van der Waals surface area contributed by atoms with E-state index in [9.17, 15) is 0 Å². The molecule has 104 valence electrons. The van der Waals surface area contributed by atoms with Gasteiger partial charge in [0.15, 0.2) is 0 Å².